The van der Waals surface area contributed by atoms with E-state index in [1.54, 1.807) is 10.9 Å². The molecule has 4 heterocycles. The summed E-state index contributed by atoms with van der Waals surface area (Å²) in [6.45, 7) is 2.55. The highest BCUT2D eigenvalue weighted by Crippen LogP contribution is 2.55. The summed E-state index contributed by atoms with van der Waals surface area (Å²) in [5.41, 5.74) is -1.31. The van der Waals surface area contributed by atoms with Crippen molar-refractivity contribution in [3.8, 4) is 0 Å². The summed E-state index contributed by atoms with van der Waals surface area (Å²) in [6.07, 6.45) is -0.674. The number of hydrogen-bond acceptors (Lipinski definition) is 6. The molecule has 3 aromatic rings. The van der Waals surface area contributed by atoms with E-state index in [0.29, 0.717) is 17.5 Å². The molecule has 0 unspecified atom stereocenters. The molecule has 9 nitrogen and oxygen atoms in total. The second kappa shape index (κ2) is 7.16. The number of halogens is 3. The van der Waals surface area contributed by atoms with Gasteiger partial charge >= 0.3 is 12.1 Å². The molecule has 1 aliphatic carbocycles. The van der Waals surface area contributed by atoms with Gasteiger partial charge in [0.1, 0.15) is 5.69 Å². The Morgan fingerprint density at radius 2 is 1.97 bits per heavy atom. The van der Waals surface area contributed by atoms with Crippen LogP contribution in [0.1, 0.15) is 30.1 Å². The molecule has 2 saturated heterocycles. The Hall–Kier alpha value is -3.67. The van der Waals surface area contributed by atoms with E-state index in [9.17, 15) is 27.6 Å². The van der Waals surface area contributed by atoms with Gasteiger partial charge in [-0.3, -0.25) is 14.3 Å². The van der Waals surface area contributed by atoms with Gasteiger partial charge < -0.3 is 14.1 Å². The lowest BCUT2D eigenvalue weighted by molar-refractivity contribution is -0.200. The summed E-state index contributed by atoms with van der Waals surface area (Å²) in [5.74, 6) is -3.75. The molecule has 0 spiro atoms. The highest BCUT2D eigenvalue weighted by atomic mass is 19.4. The van der Waals surface area contributed by atoms with Crippen molar-refractivity contribution >= 4 is 28.5 Å². The number of amides is 1. The third-order valence-electron chi connectivity index (χ3n) is 6.24. The van der Waals surface area contributed by atoms with Crippen molar-refractivity contribution in [2.75, 3.05) is 11.7 Å². The molecule has 1 amide bonds. The first-order valence-electron chi connectivity index (χ1n) is 10.3. The van der Waals surface area contributed by atoms with Crippen molar-refractivity contribution in [1.29, 1.82) is 0 Å². The van der Waals surface area contributed by atoms with Crippen LogP contribution in [0.3, 0.4) is 0 Å². The third-order valence-corrected chi connectivity index (χ3v) is 6.24. The van der Waals surface area contributed by atoms with E-state index in [2.05, 4.69) is 9.94 Å². The SMILES string of the molecule is Cn1cccc(N(OC(=O)C(F)(F)F)C(=O)c2ccc3nn(C45COC(C)(C4)C5)cc3c2)c1=O. The maximum Gasteiger partial charge on any atom is 0.493 e. The second-order valence-corrected chi connectivity index (χ2v) is 8.95. The number of anilines is 1. The van der Waals surface area contributed by atoms with Crippen LogP contribution >= 0.6 is 0 Å². The minimum atomic E-state index is -5.37. The number of ether oxygens (including phenoxy) is 1. The Morgan fingerprint density at radius 1 is 1.24 bits per heavy atom. The molecule has 3 aliphatic rings. The van der Waals surface area contributed by atoms with Crippen molar-refractivity contribution < 1.29 is 32.3 Å². The fourth-order valence-corrected chi connectivity index (χ4v) is 4.67. The molecule has 0 atom stereocenters. The van der Waals surface area contributed by atoms with E-state index >= 15 is 0 Å². The summed E-state index contributed by atoms with van der Waals surface area (Å²) in [7, 11) is 1.35. The number of aromatic nitrogens is 3. The zero-order chi connectivity index (χ0) is 24.5. The van der Waals surface area contributed by atoms with Gasteiger partial charge in [0.15, 0.2) is 0 Å². The molecule has 1 saturated carbocycles. The summed E-state index contributed by atoms with van der Waals surface area (Å²) >= 11 is 0. The summed E-state index contributed by atoms with van der Waals surface area (Å²) in [6, 6.07) is 6.73. The normalized spacial score (nSPS) is 23.6. The van der Waals surface area contributed by atoms with Gasteiger partial charge in [0.05, 0.1) is 23.3 Å². The number of fused-ring (bicyclic) bond motifs is 2. The Kier molecular flexibility index (Phi) is 4.66. The number of carbonyl (C=O) groups excluding carboxylic acids is 2. The monoisotopic (exact) mass is 476 g/mol. The molecule has 6 rings (SSSR count). The Labute approximate surface area is 190 Å². The molecular weight excluding hydrogens is 457 g/mol. The van der Waals surface area contributed by atoms with Crippen molar-refractivity contribution in [1.82, 2.24) is 14.3 Å². The number of nitrogens with zero attached hydrogens (tertiary/aromatic N) is 4. The van der Waals surface area contributed by atoms with Gasteiger partial charge in [0.25, 0.3) is 11.5 Å². The van der Waals surface area contributed by atoms with Crippen LogP contribution < -0.4 is 10.6 Å². The van der Waals surface area contributed by atoms with Gasteiger partial charge in [-0.25, -0.2) is 4.79 Å². The minimum Gasteiger partial charge on any atom is -0.373 e. The Morgan fingerprint density at radius 3 is 2.62 bits per heavy atom. The average molecular weight is 476 g/mol. The number of hydrogen-bond donors (Lipinski definition) is 0. The number of rotatable bonds is 3. The average Bonchev–Trinajstić information content (AvgIpc) is 3.43. The van der Waals surface area contributed by atoms with Crippen molar-refractivity contribution in [2.45, 2.75) is 37.1 Å². The van der Waals surface area contributed by atoms with Crippen LogP contribution in [0.15, 0.2) is 47.5 Å². The standard InChI is InChI=1S/C22H19F3N4O5/c1-20-10-21(11-20,12-33-20)28-9-14-8-13(5-6-15(14)26-28)17(30)29(34-19(32)22(23,24)25)16-4-3-7-27(2)18(16)31/h3-9H,10-12H2,1-2H3. The van der Waals surface area contributed by atoms with Gasteiger partial charge in [0.2, 0.25) is 0 Å². The van der Waals surface area contributed by atoms with Crippen molar-refractivity contribution in [2.24, 2.45) is 7.05 Å². The quantitative estimate of drug-likeness (QED) is 0.540. The predicted octanol–water partition coefficient (Wildman–Crippen LogP) is 2.68. The molecule has 3 fully saturated rings. The molecule has 1 aromatic carbocycles. The lowest BCUT2D eigenvalue weighted by Crippen LogP contribution is -2.49. The molecule has 34 heavy (non-hydrogen) atoms. The number of carbonyl (C=O) groups is 2. The molecular formula is C22H19F3N4O5. The molecule has 178 valence electrons. The zero-order valence-electron chi connectivity index (χ0n) is 18.1. The number of aryl methyl sites for hydroxylation is 1. The number of hydroxylamine groups is 1. The lowest BCUT2D eigenvalue weighted by Gasteiger charge is -2.42. The van der Waals surface area contributed by atoms with Crippen LogP contribution in [-0.4, -0.2) is 44.6 Å². The van der Waals surface area contributed by atoms with Crippen LogP contribution in [0.2, 0.25) is 0 Å². The Balaban J connectivity index is 1.51. The minimum absolute atomic E-state index is 0.0740. The lowest BCUT2D eigenvalue weighted by atomic mass is 9.69. The van der Waals surface area contributed by atoms with Crippen LogP contribution in [0.4, 0.5) is 18.9 Å². The number of benzene rings is 1. The van der Waals surface area contributed by atoms with Crippen LogP contribution in [0, 0.1) is 0 Å². The van der Waals surface area contributed by atoms with Crippen LogP contribution in [0.5, 0.6) is 0 Å². The van der Waals surface area contributed by atoms with E-state index < -0.39 is 29.3 Å². The van der Waals surface area contributed by atoms with Gasteiger partial charge in [-0.05, 0) is 37.3 Å². The highest BCUT2D eigenvalue weighted by Gasteiger charge is 2.61. The smallest absolute Gasteiger partial charge is 0.373 e. The fourth-order valence-electron chi connectivity index (χ4n) is 4.67. The third kappa shape index (κ3) is 3.45. The fraction of sp³-hybridized carbons (Fsp3) is 0.364. The van der Waals surface area contributed by atoms with E-state index in [4.69, 9.17) is 4.74 Å². The first-order chi connectivity index (χ1) is 15.9. The van der Waals surface area contributed by atoms with E-state index in [1.165, 1.54) is 37.5 Å². The second-order valence-electron chi connectivity index (χ2n) is 8.95. The Bertz CT molecular complexity index is 1390. The zero-order valence-corrected chi connectivity index (χ0v) is 18.1. The molecule has 2 aromatic heterocycles. The van der Waals surface area contributed by atoms with Crippen molar-refractivity contribution in [3.05, 3.63) is 58.6 Å². The summed E-state index contributed by atoms with van der Waals surface area (Å²) < 4.78 is 47.3. The van der Waals surface area contributed by atoms with E-state index in [0.717, 1.165) is 23.5 Å². The molecule has 2 bridgehead atoms. The van der Waals surface area contributed by atoms with Crippen LogP contribution in [-0.2, 0) is 27.0 Å². The summed E-state index contributed by atoms with van der Waals surface area (Å²) in [5, 5.41) is 5.20. The van der Waals surface area contributed by atoms with E-state index in [1.807, 2.05) is 6.92 Å². The van der Waals surface area contributed by atoms with Crippen LogP contribution in [0.25, 0.3) is 10.9 Å². The number of alkyl halides is 3. The molecule has 12 heteroatoms. The van der Waals surface area contributed by atoms with E-state index in [-0.39, 0.29) is 21.8 Å². The maximum atomic E-state index is 13.2. The maximum absolute atomic E-state index is 13.2. The van der Waals surface area contributed by atoms with Gasteiger partial charge in [-0.2, -0.15) is 18.3 Å². The van der Waals surface area contributed by atoms with Gasteiger partial charge in [-0.15, -0.1) is 5.06 Å². The molecule has 0 radical (unpaired) electrons. The molecule has 0 N–H and O–H groups in total. The molecule has 2 aliphatic heterocycles. The first-order valence-corrected chi connectivity index (χ1v) is 10.3. The first kappa shape index (κ1) is 22.1. The van der Waals surface area contributed by atoms with Gasteiger partial charge in [0, 0.05) is 43.2 Å². The van der Waals surface area contributed by atoms with Crippen molar-refractivity contribution in [3.63, 3.8) is 0 Å². The van der Waals surface area contributed by atoms with Gasteiger partial charge in [-0.1, -0.05) is 0 Å². The summed E-state index contributed by atoms with van der Waals surface area (Å²) in [4.78, 5) is 41.5. The highest BCUT2D eigenvalue weighted by molar-refractivity contribution is 6.07. The predicted molar refractivity (Wildman–Crippen MR) is 112 cm³/mol. The topological polar surface area (TPSA) is 95.7 Å². The number of pyridine rings is 1. The largest absolute Gasteiger partial charge is 0.493 e.